The van der Waals surface area contributed by atoms with Crippen LogP contribution in [0.3, 0.4) is 0 Å². The number of nitrogen functional groups attached to an aromatic ring is 1. The van der Waals surface area contributed by atoms with Crippen LogP contribution in [-0.2, 0) is 0 Å². The summed E-state index contributed by atoms with van der Waals surface area (Å²) in [5.74, 6) is -0.370. The molecule has 1 atom stereocenters. The highest BCUT2D eigenvalue weighted by atomic mass is 32.1. The van der Waals surface area contributed by atoms with Gasteiger partial charge in [0.25, 0.3) is 5.91 Å². The maximum Gasteiger partial charge on any atom is 0.261 e. The lowest BCUT2D eigenvalue weighted by molar-refractivity contribution is 0.0943. The molecule has 4 rings (SSSR count). The van der Waals surface area contributed by atoms with Gasteiger partial charge < -0.3 is 11.1 Å². The summed E-state index contributed by atoms with van der Waals surface area (Å²) in [6.45, 7) is 1.76. The molecule has 0 aliphatic heterocycles. The van der Waals surface area contributed by atoms with Gasteiger partial charge in [0.1, 0.15) is 5.82 Å². The molecule has 0 saturated heterocycles. The minimum Gasteiger partial charge on any atom is -0.366 e. The highest BCUT2D eigenvalue weighted by Crippen LogP contribution is 2.26. The van der Waals surface area contributed by atoms with Crippen molar-refractivity contribution in [3.63, 3.8) is 0 Å². The molecule has 0 unspecified atom stereocenters. The molecule has 3 heterocycles. The maximum absolute atomic E-state index is 13.9. The van der Waals surface area contributed by atoms with Gasteiger partial charge in [-0.2, -0.15) is 4.98 Å². The lowest BCUT2D eigenvalue weighted by atomic mass is 10.1. The van der Waals surface area contributed by atoms with Gasteiger partial charge in [-0.1, -0.05) is 18.2 Å². The van der Waals surface area contributed by atoms with E-state index in [0.29, 0.717) is 16.1 Å². The third-order valence-electron chi connectivity index (χ3n) is 4.22. The van der Waals surface area contributed by atoms with Gasteiger partial charge in [-0.05, 0) is 42.1 Å². The molecule has 0 fully saturated rings. The minimum absolute atomic E-state index is 0.208. The highest BCUT2D eigenvalue weighted by Gasteiger charge is 2.16. The topological polar surface area (TPSA) is 85.3 Å². The summed E-state index contributed by atoms with van der Waals surface area (Å²) in [4.78, 5) is 17.2. The average molecular weight is 381 g/mol. The molecule has 0 aliphatic rings. The van der Waals surface area contributed by atoms with Gasteiger partial charge in [-0.25, -0.2) is 8.91 Å². The van der Waals surface area contributed by atoms with Gasteiger partial charge in [0, 0.05) is 17.3 Å². The van der Waals surface area contributed by atoms with Gasteiger partial charge >= 0.3 is 0 Å². The molecule has 0 saturated carbocycles. The number of nitrogens with one attached hydrogen (secondary N) is 1. The SMILES string of the molecule is C[C@H](NC(=O)c1cc(-c2ccc3nc(N)nn3c2)cs1)c1ccccc1F. The molecule has 136 valence electrons. The molecule has 0 bridgehead atoms. The maximum atomic E-state index is 13.9. The molecule has 27 heavy (non-hydrogen) atoms. The van der Waals surface area contributed by atoms with Gasteiger partial charge in [-0.15, -0.1) is 16.4 Å². The van der Waals surface area contributed by atoms with Gasteiger partial charge in [0.2, 0.25) is 5.95 Å². The molecule has 3 aromatic heterocycles. The van der Waals surface area contributed by atoms with E-state index in [1.807, 2.05) is 23.7 Å². The first-order valence-corrected chi connectivity index (χ1v) is 9.15. The van der Waals surface area contributed by atoms with E-state index >= 15 is 0 Å². The Morgan fingerprint density at radius 1 is 1.26 bits per heavy atom. The lowest BCUT2D eigenvalue weighted by Gasteiger charge is -2.14. The predicted molar refractivity (Wildman–Crippen MR) is 103 cm³/mol. The van der Waals surface area contributed by atoms with E-state index in [4.69, 9.17) is 5.73 Å². The standard InChI is InChI=1S/C19H16FN5OS/c1-11(14-4-2-3-5-15(14)20)22-18(26)16-8-13(10-27-16)12-6-7-17-23-19(21)24-25(17)9-12/h2-11H,1H3,(H2,21,24)(H,22,26)/t11-/m0/s1. The Kier molecular flexibility index (Phi) is 4.33. The molecule has 0 aliphatic carbocycles. The van der Waals surface area contributed by atoms with Crippen LogP contribution in [0.15, 0.2) is 54.0 Å². The number of aromatic nitrogens is 3. The number of pyridine rings is 1. The molecule has 1 aromatic carbocycles. The summed E-state index contributed by atoms with van der Waals surface area (Å²) in [6.07, 6.45) is 1.81. The third-order valence-corrected chi connectivity index (χ3v) is 5.15. The van der Waals surface area contributed by atoms with Crippen molar-refractivity contribution in [3.8, 4) is 11.1 Å². The van der Waals surface area contributed by atoms with Crippen LogP contribution < -0.4 is 11.1 Å². The Morgan fingerprint density at radius 2 is 2.07 bits per heavy atom. The normalized spacial score (nSPS) is 12.2. The fourth-order valence-corrected chi connectivity index (χ4v) is 3.67. The fourth-order valence-electron chi connectivity index (χ4n) is 2.85. The second kappa shape index (κ2) is 6.81. The van der Waals surface area contributed by atoms with Crippen LogP contribution in [0.2, 0.25) is 0 Å². The highest BCUT2D eigenvalue weighted by molar-refractivity contribution is 7.12. The number of nitrogens with zero attached hydrogens (tertiary/aromatic N) is 3. The molecular weight excluding hydrogens is 365 g/mol. The van der Waals surface area contributed by atoms with Crippen molar-refractivity contribution in [1.29, 1.82) is 0 Å². The molecule has 0 spiro atoms. The molecule has 4 aromatic rings. The molecule has 1 amide bonds. The molecule has 0 radical (unpaired) electrons. The second-order valence-corrected chi connectivity index (χ2v) is 7.02. The Bertz CT molecular complexity index is 1140. The molecular formula is C19H16FN5OS. The van der Waals surface area contributed by atoms with Crippen LogP contribution in [-0.4, -0.2) is 20.5 Å². The van der Waals surface area contributed by atoms with Crippen LogP contribution in [0.5, 0.6) is 0 Å². The van der Waals surface area contributed by atoms with Crippen LogP contribution in [0.4, 0.5) is 10.3 Å². The average Bonchev–Trinajstić information content (AvgIpc) is 3.27. The zero-order valence-electron chi connectivity index (χ0n) is 14.4. The van der Waals surface area contributed by atoms with Crippen LogP contribution in [0.25, 0.3) is 16.8 Å². The lowest BCUT2D eigenvalue weighted by Crippen LogP contribution is -2.26. The number of thiophene rings is 1. The number of carbonyl (C=O) groups is 1. The van der Waals surface area contributed by atoms with Gasteiger partial charge in [0.05, 0.1) is 10.9 Å². The van der Waals surface area contributed by atoms with Crippen molar-refractivity contribution in [3.05, 3.63) is 70.3 Å². The number of nitrogens with two attached hydrogens (primary N) is 1. The first kappa shape index (κ1) is 17.2. The number of benzene rings is 1. The van der Waals surface area contributed by atoms with E-state index in [-0.39, 0.29) is 17.7 Å². The van der Waals surface area contributed by atoms with Crippen molar-refractivity contribution in [2.75, 3.05) is 5.73 Å². The van der Waals surface area contributed by atoms with Crippen LogP contribution in [0, 0.1) is 5.82 Å². The predicted octanol–water partition coefficient (Wildman–Crippen LogP) is 3.67. The molecule has 3 N–H and O–H groups in total. The van der Waals surface area contributed by atoms with E-state index in [2.05, 4.69) is 15.4 Å². The smallest absolute Gasteiger partial charge is 0.261 e. The number of hydrogen-bond acceptors (Lipinski definition) is 5. The summed E-state index contributed by atoms with van der Waals surface area (Å²) >= 11 is 1.33. The minimum atomic E-state index is -0.432. The van der Waals surface area contributed by atoms with E-state index in [1.54, 1.807) is 35.7 Å². The Labute approximate surface area is 158 Å². The zero-order chi connectivity index (χ0) is 19.0. The monoisotopic (exact) mass is 381 g/mol. The number of carbonyl (C=O) groups excluding carboxylic acids is 1. The fraction of sp³-hybridized carbons (Fsp3) is 0.105. The summed E-state index contributed by atoms with van der Waals surface area (Å²) in [7, 11) is 0. The number of hydrogen-bond donors (Lipinski definition) is 2. The Hall–Kier alpha value is -3.26. The van der Waals surface area contributed by atoms with E-state index in [9.17, 15) is 9.18 Å². The van der Waals surface area contributed by atoms with E-state index < -0.39 is 6.04 Å². The van der Waals surface area contributed by atoms with Crippen molar-refractivity contribution >= 4 is 28.8 Å². The largest absolute Gasteiger partial charge is 0.366 e. The zero-order valence-corrected chi connectivity index (χ0v) is 15.2. The Balaban J connectivity index is 1.54. The van der Waals surface area contributed by atoms with E-state index in [1.165, 1.54) is 17.4 Å². The second-order valence-electron chi connectivity index (χ2n) is 6.11. The summed E-state index contributed by atoms with van der Waals surface area (Å²) in [5.41, 5.74) is 8.50. The summed E-state index contributed by atoms with van der Waals surface area (Å²) in [6, 6.07) is 11.5. The summed E-state index contributed by atoms with van der Waals surface area (Å²) < 4.78 is 15.5. The summed E-state index contributed by atoms with van der Waals surface area (Å²) in [5, 5.41) is 8.83. The first-order chi connectivity index (χ1) is 13.0. The number of fused-ring (bicyclic) bond motifs is 1. The quantitative estimate of drug-likeness (QED) is 0.565. The number of halogens is 1. The number of rotatable bonds is 4. The Morgan fingerprint density at radius 3 is 2.89 bits per heavy atom. The van der Waals surface area contributed by atoms with Crippen molar-refractivity contribution in [2.24, 2.45) is 0 Å². The third kappa shape index (κ3) is 3.39. The molecule has 6 nitrogen and oxygen atoms in total. The first-order valence-electron chi connectivity index (χ1n) is 8.27. The van der Waals surface area contributed by atoms with Gasteiger partial charge in [-0.3, -0.25) is 4.79 Å². The van der Waals surface area contributed by atoms with Crippen LogP contribution >= 0.6 is 11.3 Å². The van der Waals surface area contributed by atoms with Crippen molar-refractivity contribution in [1.82, 2.24) is 19.9 Å². The van der Waals surface area contributed by atoms with Crippen LogP contribution in [0.1, 0.15) is 28.2 Å². The van der Waals surface area contributed by atoms with Gasteiger partial charge in [0.15, 0.2) is 5.65 Å². The number of anilines is 1. The molecule has 8 heteroatoms. The van der Waals surface area contributed by atoms with Crippen molar-refractivity contribution in [2.45, 2.75) is 13.0 Å². The van der Waals surface area contributed by atoms with Crippen molar-refractivity contribution < 1.29 is 9.18 Å². The number of amides is 1. The van der Waals surface area contributed by atoms with E-state index in [0.717, 1.165) is 11.1 Å².